The van der Waals surface area contributed by atoms with Crippen molar-refractivity contribution in [1.82, 2.24) is 9.88 Å². The first-order valence-corrected chi connectivity index (χ1v) is 10.2. The number of aromatic nitrogens is 1. The van der Waals surface area contributed by atoms with E-state index in [1.807, 2.05) is 29.2 Å². The zero-order valence-corrected chi connectivity index (χ0v) is 16.5. The first-order valence-electron chi connectivity index (χ1n) is 10.2. The predicted octanol–water partition coefficient (Wildman–Crippen LogP) is 2.20. The van der Waals surface area contributed by atoms with Crippen molar-refractivity contribution in [1.29, 1.82) is 0 Å². The Morgan fingerprint density at radius 3 is 2.48 bits per heavy atom. The van der Waals surface area contributed by atoms with Crippen LogP contribution in [0.1, 0.15) is 24.8 Å². The average molecular weight is 394 g/mol. The fourth-order valence-corrected chi connectivity index (χ4v) is 4.11. The number of hydrogen-bond donors (Lipinski definition) is 1. The number of benzene rings is 1. The molecule has 0 radical (unpaired) electrons. The van der Waals surface area contributed by atoms with Crippen LogP contribution in [0.25, 0.3) is 0 Å². The lowest BCUT2D eigenvalue weighted by Crippen LogP contribution is -2.49. The van der Waals surface area contributed by atoms with E-state index in [0.29, 0.717) is 25.3 Å². The molecule has 2 aliphatic heterocycles. The molecule has 1 saturated heterocycles. The number of hydrogen-bond acceptors (Lipinski definition) is 5. The average Bonchev–Trinajstić information content (AvgIpc) is 2.78. The summed E-state index contributed by atoms with van der Waals surface area (Å²) in [7, 11) is 0. The minimum Gasteiger partial charge on any atom is -0.506 e. The lowest BCUT2D eigenvalue weighted by molar-refractivity contribution is -0.133. The van der Waals surface area contributed by atoms with Gasteiger partial charge in [-0.2, -0.15) is 0 Å². The molecule has 0 atom stereocenters. The molecule has 4 rings (SSSR count). The van der Waals surface area contributed by atoms with E-state index in [1.165, 1.54) is 0 Å². The number of aromatic hydroxyl groups is 1. The van der Waals surface area contributed by atoms with Crippen molar-refractivity contribution in [2.24, 2.45) is 0 Å². The molecule has 3 heterocycles. The van der Waals surface area contributed by atoms with Gasteiger partial charge in [0.05, 0.1) is 5.69 Å². The van der Waals surface area contributed by atoms with Crippen LogP contribution in [0.5, 0.6) is 5.75 Å². The number of para-hydroxylation sites is 1. The van der Waals surface area contributed by atoms with Crippen molar-refractivity contribution < 1.29 is 14.7 Å². The van der Waals surface area contributed by atoms with Crippen LogP contribution in [-0.2, 0) is 16.0 Å². The fraction of sp³-hybridized carbons (Fsp3) is 0.409. The number of piperazine rings is 1. The van der Waals surface area contributed by atoms with Gasteiger partial charge in [0.1, 0.15) is 11.6 Å². The third-order valence-electron chi connectivity index (χ3n) is 5.66. The molecule has 29 heavy (non-hydrogen) atoms. The minimum atomic E-state index is -0.104. The summed E-state index contributed by atoms with van der Waals surface area (Å²) in [5.41, 5.74) is 1.60. The predicted molar refractivity (Wildman–Crippen MR) is 111 cm³/mol. The molecule has 1 aromatic heterocycles. The largest absolute Gasteiger partial charge is 0.506 e. The Hall–Kier alpha value is -3.09. The van der Waals surface area contributed by atoms with E-state index in [2.05, 4.69) is 9.88 Å². The summed E-state index contributed by atoms with van der Waals surface area (Å²) < 4.78 is 0. The maximum atomic E-state index is 12.8. The van der Waals surface area contributed by atoms with Gasteiger partial charge in [0.15, 0.2) is 0 Å². The third kappa shape index (κ3) is 4.18. The van der Waals surface area contributed by atoms with Gasteiger partial charge < -0.3 is 19.8 Å². The van der Waals surface area contributed by atoms with Gasteiger partial charge in [-0.05, 0) is 36.6 Å². The number of nitrogens with zero attached hydrogens (tertiary/aromatic N) is 4. The highest BCUT2D eigenvalue weighted by molar-refractivity contribution is 5.97. The number of anilines is 2. The molecule has 7 nitrogen and oxygen atoms in total. The van der Waals surface area contributed by atoms with E-state index in [4.69, 9.17) is 0 Å². The second-order valence-corrected chi connectivity index (χ2v) is 7.49. The molecule has 2 aromatic rings. The molecule has 0 spiro atoms. The minimum absolute atomic E-state index is 0.00790. The van der Waals surface area contributed by atoms with Gasteiger partial charge >= 0.3 is 0 Å². The molecule has 7 heteroatoms. The van der Waals surface area contributed by atoms with Gasteiger partial charge in [-0.1, -0.05) is 18.2 Å². The molecule has 1 aromatic carbocycles. The van der Waals surface area contributed by atoms with Crippen LogP contribution in [0.2, 0.25) is 0 Å². The van der Waals surface area contributed by atoms with Crippen molar-refractivity contribution >= 4 is 23.3 Å². The number of amides is 2. The Labute approximate surface area is 170 Å². The molecule has 152 valence electrons. The number of fused-ring (bicyclic) bond motifs is 1. The van der Waals surface area contributed by atoms with E-state index in [9.17, 15) is 14.7 Å². The fourth-order valence-electron chi connectivity index (χ4n) is 4.11. The summed E-state index contributed by atoms with van der Waals surface area (Å²) in [6.45, 7) is 3.34. The number of pyridine rings is 1. The molecule has 2 amide bonds. The summed E-state index contributed by atoms with van der Waals surface area (Å²) in [6.07, 6.45) is 3.85. The number of carbonyl (C=O) groups excluding carboxylic acids is 2. The topological polar surface area (TPSA) is 77.0 Å². The Morgan fingerprint density at radius 2 is 1.72 bits per heavy atom. The summed E-state index contributed by atoms with van der Waals surface area (Å²) in [6, 6.07) is 11.2. The first-order chi connectivity index (χ1) is 14.1. The SMILES string of the molecule is O=C(CCC(=O)N1CCCc2cccc(O)c21)N1CCN(c2ccccn2)CC1. The lowest BCUT2D eigenvalue weighted by Gasteiger charge is -2.35. The smallest absolute Gasteiger partial charge is 0.227 e. The number of aryl methyl sites for hydroxylation is 1. The maximum Gasteiger partial charge on any atom is 0.227 e. The van der Waals surface area contributed by atoms with E-state index >= 15 is 0 Å². The Balaban J connectivity index is 1.30. The van der Waals surface area contributed by atoms with Crippen molar-refractivity contribution in [3.05, 3.63) is 48.2 Å². The first kappa shape index (κ1) is 19.2. The van der Waals surface area contributed by atoms with E-state index in [0.717, 1.165) is 37.3 Å². The molecule has 0 bridgehead atoms. The van der Waals surface area contributed by atoms with E-state index < -0.39 is 0 Å². The van der Waals surface area contributed by atoms with Crippen molar-refractivity contribution in [2.75, 3.05) is 42.5 Å². The van der Waals surface area contributed by atoms with Crippen molar-refractivity contribution in [3.8, 4) is 5.75 Å². The number of carbonyl (C=O) groups is 2. The molecule has 0 unspecified atom stereocenters. The summed E-state index contributed by atoms with van der Waals surface area (Å²) >= 11 is 0. The second kappa shape index (κ2) is 8.51. The number of phenolic OH excluding ortho intramolecular Hbond substituents is 1. The molecule has 1 N–H and O–H groups in total. The van der Waals surface area contributed by atoms with Gasteiger partial charge in [0.25, 0.3) is 0 Å². The van der Waals surface area contributed by atoms with E-state index in [-0.39, 0.29) is 30.4 Å². The Morgan fingerprint density at radius 1 is 0.931 bits per heavy atom. The van der Waals surface area contributed by atoms with Gasteiger partial charge in [-0.25, -0.2) is 4.98 Å². The van der Waals surface area contributed by atoms with Gasteiger partial charge in [-0.15, -0.1) is 0 Å². The third-order valence-corrected chi connectivity index (χ3v) is 5.66. The zero-order valence-electron chi connectivity index (χ0n) is 16.5. The lowest BCUT2D eigenvalue weighted by atomic mass is 10.0. The highest BCUT2D eigenvalue weighted by Crippen LogP contribution is 2.35. The van der Waals surface area contributed by atoms with Gasteiger partial charge in [-0.3, -0.25) is 9.59 Å². The highest BCUT2D eigenvalue weighted by atomic mass is 16.3. The Bertz CT molecular complexity index is 879. The second-order valence-electron chi connectivity index (χ2n) is 7.49. The summed E-state index contributed by atoms with van der Waals surface area (Å²) in [5, 5.41) is 10.2. The van der Waals surface area contributed by atoms with Gasteiger partial charge in [0, 0.05) is 51.8 Å². The van der Waals surface area contributed by atoms with Crippen LogP contribution in [0.15, 0.2) is 42.6 Å². The quantitative estimate of drug-likeness (QED) is 0.860. The highest BCUT2D eigenvalue weighted by Gasteiger charge is 2.27. The van der Waals surface area contributed by atoms with Gasteiger partial charge in [0.2, 0.25) is 11.8 Å². The van der Waals surface area contributed by atoms with Crippen LogP contribution in [0.3, 0.4) is 0 Å². The van der Waals surface area contributed by atoms with Crippen LogP contribution >= 0.6 is 0 Å². The zero-order chi connectivity index (χ0) is 20.2. The van der Waals surface area contributed by atoms with Crippen molar-refractivity contribution in [2.45, 2.75) is 25.7 Å². The molecule has 0 aliphatic carbocycles. The van der Waals surface area contributed by atoms with Crippen LogP contribution in [-0.4, -0.2) is 59.5 Å². The Kier molecular flexibility index (Phi) is 5.64. The molecular formula is C22H26N4O3. The summed E-state index contributed by atoms with van der Waals surface area (Å²) in [4.78, 5) is 35.4. The van der Waals surface area contributed by atoms with E-state index in [1.54, 1.807) is 23.2 Å². The monoisotopic (exact) mass is 394 g/mol. The normalized spacial score (nSPS) is 16.5. The molecular weight excluding hydrogens is 368 g/mol. The van der Waals surface area contributed by atoms with Crippen LogP contribution in [0.4, 0.5) is 11.5 Å². The summed E-state index contributed by atoms with van der Waals surface area (Å²) in [5.74, 6) is 0.965. The number of rotatable bonds is 4. The molecule has 2 aliphatic rings. The standard InChI is InChI=1S/C22H26N4O3/c27-18-7-3-5-17-6-4-12-26(22(17)18)21(29)10-9-20(28)25-15-13-24(14-16-25)19-8-1-2-11-23-19/h1-3,5,7-8,11,27H,4,6,9-10,12-16H2. The van der Waals surface area contributed by atoms with Crippen molar-refractivity contribution in [3.63, 3.8) is 0 Å². The van der Waals surface area contributed by atoms with Crippen LogP contribution in [0, 0.1) is 0 Å². The van der Waals surface area contributed by atoms with Crippen LogP contribution < -0.4 is 9.80 Å². The molecule has 0 saturated carbocycles. The maximum absolute atomic E-state index is 12.8. The molecule has 1 fully saturated rings. The number of phenols is 1.